The molecule has 0 aliphatic rings. The van der Waals surface area contributed by atoms with E-state index in [2.05, 4.69) is 12.0 Å². The third kappa shape index (κ3) is 1.98. The van der Waals surface area contributed by atoms with Crippen molar-refractivity contribution < 1.29 is 5.11 Å². The highest BCUT2D eigenvalue weighted by atomic mass is 16.3. The second-order valence-corrected chi connectivity index (χ2v) is 4.80. The van der Waals surface area contributed by atoms with E-state index >= 15 is 0 Å². The molecule has 0 atom stereocenters. The summed E-state index contributed by atoms with van der Waals surface area (Å²) in [7, 11) is 0. The van der Waals surface area contributed by atoms with E-state index in [-0.39, 0.29) is 6.61 Å². The summed E-state index contributed by atoms with van der Waals surface area (Å²) in [5, 5.41) is 14.9. The Bertz CT molecular complexity index is 762. The largest absolute Gasteiger partial charge is 0.392 e. The van der Waals surface area contributed by atoms with E-state index in [0.717, 1.165) is 40.0 Å². The van der Waals surface area contributed by atoms with Gasteiger partial charge in [-0.1, -0.05) is 18.2 Å². The molecule has 0 saturated carbocycles. The van der Waals surface area contributed by atoms with Crippen molar-refractivity contribution >= 4 is 10.9 Å². The molecule has 1 aromatic carbocycles. The summed E-state index contributed by atoms with van der Waals surface area (Å²) in [5.41, 5.74) is 4.78. The smallest absolute Gasteiger partial charge is 0.0747 e. The second kappa shape index (κ2) is 5.06. The number of fused-ring (bicyclic) bond motifs is 1. The molecule has 2 aromatic heterocycles. The van der Waals surface area contributed by atoms with Gasteiger partial charge in [-0.15, -0.1) is 0 Å². The van der Waals surface area contributed by atoms with Gasteiger partial charge in [0.05, 0.1) is 24.0 Å². The van der Waals surface area contributed by atoms with Gasteiger partial charge in [-0.25, -0.2) is 4.98 Å². The third-order valence-corrected chi connectivity index (χ3v) is 3.65. The molecule has 3 rings (SSSR count). The molecular weight excluding hydrogens is 250 g/mol. The number of aryl methyl sites for hydroxylation is 1. The van der Waals surface area contributed by atoms with Gasteiger partial charge in [0.1, 0.15) is 0 Å². The molecule has 0 aliphatic heterocycles. The number of hydrogen-bond acceptors (Lipinski definition) is 3. The molecule has 2 heterocycles. The molecule has 3 aromatic rings. The lowest BCUT2D eigenvalue weighted by molar-refractivity contribution is 0.283. The summed E-state index contributed by atoms with van der Waals surface area (Å²) in [5.74, 6) is 0. The molecule has 0 saturated heterocycles. The van der Waals surface area contributed by atoms with E-state index in [4.69, 9.17) is 4.98 Å². The van der Waals surface area contributed by atoms with Gasteiger partial charge in [-0.3, -0.25) is 4.68 Å². The lowest BCUT2D eigenvalue weighted by Crippen LogP contribution is -1.99. The number of benzene rings is 1. The topological polar surface area (TPSA) is 50.9 Å². The molecule has 4 heteroatoms. The summed E-state index contributed by atoms with van der Waals surface area (Å²) in [4.78, 5) is 4.70. The first kappa shape index (κ1) is 12.8. The van der Waals surface area contributed by atoms with Crippen LogP contribution in [0, 0.1) is 6.92 Å². The van der Waals surface area contributed by atoms with E-state index in [1.807, 2.05) is 48.1 Å². The predicted octanol–water partition coefficient (Wildman–Crippen LogP) is 2.92. The van der Waals surface area contributed by atoms with Gasteiger partial charge < -0.3 is 5.11 Å². The molecule has 0 aliphatic carbocycles. The van der Waals surface area contributed by atoms with Crippen molar-refractivity contribution in [3.63, 3.8) is 0 Å². The monoisotopic (exact) mass is 267 g/mol. The van der Waals surface area contributed by atoms with E-state index in [9.17, 15) is 5.11 Å². The van der Waals surface area contributed by atoms with Crippen LogP contribution in [0.25, 0.3) is 22.2 Å². The summed E-state index contributed by atoms with van der Waals surface area (Å²) in [6, 6.07) is 9.83. The van der Waals surface area contributed by atoms with Crippen molar-refractivity contribution in [2.24, 2.45) is 0 Å². The number of hydrogen-bond donors (Lipinski definition) is 1. The van der Waals surface area contributed by atoms with Crippen LogP contribution in [-0.2, 0) is 13.2 Å². The fourth-order valence-electron chi connectivity index (χ4n) is 2.53. The Morgan fingerprint density at radius 3 is 2.75 bits per heavy atom. The average molecular weight is 267 g/mol. The van der Waals surface area contributed by atoms with Gasteiger partial charge in [0, 0.05) is 23.2 Å². The van der Waals surface area contributed by atoms with Crippen molar-refractivity contribution in [1.29, 1.82) is 0 Å². The summed E-state index contributed by atoms with van der Waals surface area (Å²) in [6.07, 6.45) is 1.84. The normalized spacial score (nSPS) is 11.2. The molecule has 0 fully saturated rings. The SMILES string of the molecule is CCn1ncc(-c2cc(CO)c3ccccc3n2)c1C. The van der Waals surface area contributed by atoms with Gasteiger partial charge in [0.15, 0.2) is 0 Å². The van der Waals surface area contributed by atoms with Crippen LogP contribution >= 0.6 is 0 Å². The van der Waals surface area contributed by atoms with Crippen molar-refractivity contribution in [3.8, 4) is 11.3 Å². The highest BCUT2D eigenvalue weighted by Gasteiger charge is 2.12. The number of aromatic nitrogens is 3. The first-order chi connectivity index (χ1) is 9.74. The van der Waals surface area contributed by atoms with Crippen molar-refractivity contribution in [3.05, 3.63) is 47.8 Å². The van der Waals surface area contributed by atoms with E-state index in [0.29, 0.717) is 0 Å². The van der Waals surface area contributed by atoms with Crippen molar-refractivity contribution in [2.75, 3.05) is 0 Å². The number of rotatable bonds is 3. The van der Waals surface area contributed by atoms with Crippen LogP contribution < -0.4 is 0 Å². The standard InChI is InChI=1S/C16H17N3O/c1-3-19-11(2)14(9-17-19)16-8-12(10-20)13-6-4-5-7-15(13)18-16/h4-9,20H,3,10H2,1-2H3. The lowest BCUT2D eigenvalue weighted by atomic mass is 10.1. The lowest BCUT2D eigenvalue weighted by Gasteiger charge is -2.08. The fourth-order valence-corrected chi connectivity index (χ4v) is 2.53. The van der Waals surface area contributed by atoms with E-state index < -0.39 is 0 Å². The third-order valence-electron chi connectivity index (χ3n) is 3.65. The maximum Gasteiger partial charge on any atom is 0.0747 e. The zero-order chi connectivity index (χ0) is 14.1. The minimum atomic E-state index is 0.0109. The molecule has 0 bridgehead atoms. The van der Waals surface area contributed by atoms with Gasteiger partial charge in [0.2, 0.25) is 0 Å². The Morgan fingerprint density at radius 1 is 1.25 bits per heavy atom. The highest BCUT2D eigenvalue weighted by Crippen LogP contribution is 2.26. The van der Waals surface area contributed by atoms with Crippen LogP contribution in [0.4, 0.5) is 0 Å². The molecule has 0 unspecified atom stereocenters. The van der Waals surface area contributed by atoms with Crippen molar-refractivity contribution in [2.45, 2.75) is 27.0 Å². The molecule has 4 nitrogen and oxygen atoms in total. The van der Waals surface area contributed by atoms with E-state index in [1.165, 1.54) is 0 Å². The molecular formula is C16H17N3O. The number of pyridine rings is 1. The minimum Gasteiger partial charge on any atom is -0.392 e. The molecule has 102 valence electrons. The van der Waals surface area contributed by atoms with Crippen LogP contribution in [0.5, 0.6) is 0 Å². The molecule has 0 radical (unpaired) electrons. The molecule has 20 heavy (non-hydrogen) atoms. The van der Waals surface area contributed by atoms with Crippen molar-refractivity contribution in [1.82, 2.24) is 14.8 Å². The Morgan fingerprint density at radius 2 is 2.05 bits per heavy atom. The fraction of sp³-hybridized carbons (Fsp3) is 0.250. The summed E-state index contributed by atoms with van der Waals surface area (Å²) in [6.45, 7) is 4.96. The number of aliphatic hydroxyl groups is 1. The number of para-hydroxylation sites is 1. The number of nitrogens with zero attached hydrogens (tertiary/aromatic N) is 3. The van der Waals surface area contributed by atoms with E-state index in [1.54, 1.807) is 0 Å². The predicted molar refractivity (Wildman–Crippen MR) is 79.3 cm³/mol. The zero-order valence-corrected chi connectivity index (χ0v) is 11.7. The van der Waals surface area contributed by atoms with Gasteiger partial charge >= 0.3 is 0 Å². The maximum absolute atomic E-state index is 9.58. The molecule has 1 N–H and O–H groups in total. The van der Waals surface area contributed by atoms with Crippen LogP contribution in [0.15, 0.2) is 36.5 Å². The molecule has 0 amide bonds. The zero-order valence-electron chi connectivity index (χ0n) is 11.7. The van der Waals surface area contributed by atoms with Gasteiger partial charge in [-0.2, -0.15) is 5.10 Å². The highest BCUT2D eigenvalue weighted by molar-refractivity contribution is 5.85. The minimum absolute atomic E-state index is 0.0109. The van der Waals surface area contributed by atoms with Crippen LogP contribution in [-0.4, -0.2) is 19.9 Å². The Kier molecular flexibility index (Phi) is 3.24. The average Bonchev–Trinajstić information content (AvgIpc) is 2.87. The number of aliphatic hydroxyl groups excluding tert-OH is 1. The summed E-state index contributed by atoms with van der Waals surface area (Å²) >= 11 is 0. The van der Waals surface area contributed by atoms with Gasteiger partial charge in [0.25, 0.3) is 0 Å². The first-order valence-corrected chi connectivity index (χ1v) is 6.77. The molecule has 0 spiro atoms. The quantitative estimate of drug-likeness (QED) is 0.793. The summed E-state index contributed by atoms with van der Waals surface area (Å²) < 4.78 is 1.95. The second-order valence-electron chi connectivity index (χ2n) is 4.80. The maximum atomic E-state index is 9.58. The van der Waals surface area contributed by atoms with Crippen LogP contribution in [0.3, 0.4) is 0 Å². The van der Waals surface area contributed by atoms with Crippen LogP contribution in [0.2, 0.25) is 0 Å². The Hall–Kier alpha value is -2.20. The van der Waals surface area contributed by atoms with Gasteiger partial charge in [-0.05, 0) is 31.5 Å². The van der Waals surface area contributed by atoms with Crippen LogP contribution in [0.1, 0.15) is 18.2 Å². The first-order valence-electron chi connectivity index (χ1n) is 6.77. The Balaban J connectivity index is 2.23. The Labute approximate surface area is 117 Å².